The van der Waals surface area contributed by atoms with Crippen LogP contribution in [0.3, 0.4) is 0 Å². The number of aryl methyl sites for hydroxylation is 2. The Balaban J connectivity index is 2.42. The van der Waals surface area contributed by atoms with Crippen molar-refractivity contribution in [3.63, 3.8) is 0 Å². The summed E-state index contributed by atoms with van der Waals surface area (Å²) in [6, 6.07) is 1.95. The molecule has 16 heavy (non-hydrogen) atoms. The minimum absolute atomic E-state index is 0.0400. The SMILES string of the molecule is CCCC(CN)C(=O)CCc1ccnn1C. The predicted octanol–water partition coefficient (Wildman–Crippen LogP) is 1.30. The topological polar surface area (TPSA) is 60.9 Å². The highest BCUT2D eigenvalue weighted by Gasteiger charge is 2.15. The van der Waals surface area contributed by atoms with Gasteiger partial charge in [-0.3, -0.25) is 9.48 Å². The summed E-state index contributed by atoms with van der Waals surface area (Å²) >= 11 is 0. The second-order valence-corrected chi connectivity index (χ2v) is 4.13. The van der Waals surface area contributed by atoms with Crippen LogP contribution in [-0.4, -0.2) is 22.1 Å². The average Bonchev–Trinajstić information content (AvgIpc) is 2.68. The fraction of sp³-hybridized carbons (Fsp3) is 0.667. The molecule has 0 aliphatic rings. The molecule has 0 fully saturated rings. The molecule has 1 aromatic heterocycles. The molecule has 0 radical (unpaired) electrons. The number of ketones is 1. The molecular formula is C12H21N3O. The number of aromatic nitrogens is 2. The molecule has 0 saturated heterocycles. The second-order valence-electron chi connectivity index (χ2n) is 4.13. The van der Waals surface area contributed by atoms with E-state index >= 15 is 0 Å². The average molecular weight is 223 g/mol. The van der Waals surface area contributed by atoms with Crippen molar-refractivity contribution in [2.45, 2.75) is 32.6 Å². The van der Waals surface area contributed by atoms with Crippen molar-refractivity contribution < 1.29 is 4.79 Å². The van der Waals surface area contributed by atoms with Gasteiger partial charge < -0.3 is 5.73 Å². The van der Waals surface area contributed by atoms with E-state index in [1.807, 2.05) is 17.8 Å². The number of nitrogens with zero attached hydrogens (tertiary/aromatic N) is 2. The first-order chi connectivity index (χ1) is 7.69. The van der Waals surface area contributed by atoms with Gasteiger partial charge in [0, 0.05) is 37.8 Å². The summed E-state index contributed by atoms with van der Waals surface area (Å²) in [4.78, 5) is 11.9. The maximum absolute atomic E-state index is 11.9. The van der Waals surface area contributed by atoms with Crippen LogP contribution in [0.15, 0.2) is 12.3 Å². The summed E-state index contributed by atoms with van der Waals surface area (Å²) in [6.45, 7) is 2.55. The summed E-state index contributed by atoms with van der Waals surface area (Å²) in [5.41, 5.74) is 6.70. The summed E-state index contributed by atoms with van der Waals surface area (Å²) in [5, 5.41) is 4.08. The minimum Gasteiger partial charge on any atom is -0.330 e. The highest BCUT2D eigenvalue weighted by atomic mass is 16.1. The number of hydrogen-bond donors (Lipinski definition) is 1. The van der Waals surface area contributed by atoms with Crippen molar-refractivity contribution in [2.24, 2.45) is 18.7 Å². The first kappa shape index (κ1) is 12.9. The lowest BCUT2D eigenvalue weighted by Crippen LogP contribution is -2.24. The Kier molecular flexibility index (Phi) is 5.19. The fourth-order valence-electron chi connectivity index (χ4n) is 1.86. The number of carbonyl (C=O) groups is 1. The van der Waals surface area contributed by atoms with Crippen molar-refractivity contribution in [1.29, 1.82) is 0 Å². The lowest BCUT2D eigenvalue weighted by atomic mass is 9.95. The maximum Gasteiger partial charge on any atom is 0.137 e. The van der Waals surface area contributed by atoms with Crippen molar-refractivity contribution in [3.8, 4) is 0 Å². The predicted molar refractivity (Wildman–Crippen MR) is 64.0 cm³/mol. The Morgan fingerprint density at radius 2 is 2.38 bits per heavy atom. The zero-order valence-corrected chi connectivity index (χ0v) is 10.1. The van der Waals surface area contributed by atoms with E-state index < -0.39 is 0 Å². The van der Waals surface area contributed by atoms with Gasteiger partial charge in [0.2, 0.25) is 0 Å². The molecule has 0 aliphatic carbocycles. The lowest BCUT2D eigenvalue weighted by Gasteiger charge is -2.12. The number of hydrogen-bond acceptors (Lipinski definition) is 3. The molecule has 1 rings (SSSR count). The van der Waals surface area contributed by atoms with Crippen LogP contribution in [0.25, 0.3) is 0 Å². The second kappa shape index (κ2) is 6.43. The van der Waals surface area contributed by atoms with Gasteiger partial charge in [-0.15, -0.1) is 0 Å². The van der Waals surface area contributed by atoms with Crippen LogP contribution in [0.2, 0.25) is 0 Å². The molecule has 1 atom stereocenters. The lowest BCUT2D eigenvalue weighted by molar-refractivity contribution is -0.122. The molecule has 1 unspecified atom stereocenters. The fourth-order valence-corrected chi connectivity index (χ4v) is 1.86. The first-order valence-corrected chi connectivity index (χ1v) is 5.88. The third-order valence-electron chi connectivity index (χ3n) is 2.93. The highest BCUT2D eigenvalue weighted by molar-refractivity contribution is 5.81. The van der Waals surface area contributed by atoms with Crippen molar-refractivity contribution in [1.82, 2.24) is 9.78 Å². The van der Waals surface area contributed by atoms with E-state index in [0.29, 0.717) is 13.0 Å². The largest absolute Gasteiger partial charge is 0.330 e. The number of carbonyl (C=O) groups excluding carboxylic acids is 1. The van der Waals surface area contributed by atoms with E-state index in [2.05, 4.69) is 12.0 Å². The molecule has 0 saturated carbocycles. The highest BCUT2D eigenvalue weighted by Crippen LogP contribution is 2.11. The van der Waals surface area contributed by atoms with Crippen LogP contribution in [0.1, 0.15) is 31.9 Å². The van der Waals surface area contributed by atoms with Crippen molar-refractivity contribution >= 4 is 5.78 Å². The Hall–Kier alpha value is -1.16. The van der Waals surface area contributed by atoms with Crippen LogP contribution < -0.4 is 5.73 Å². The molecule has 1 aromatic rings. The minimum atomic E-state index is 0.0400. The van der Waals surface area contributed by atoms with Crippen molar-refractivity contribution in [2.75, 3.05) is 6.54 Å². The van der Waals surface area contributed by atoms with Gasteiger partial charge in [0.25, 0.3) is 0 Å². The van der Waals surface area contributed by atoms with Gasteiger partial charge in [-0.25, -0.2) is 0 Å². The molecule has 0 aliphatic heterocycles. The summed E-state index contributed by atoms with van der Waals surface area (Å²) < 4.78 is 1.81. The normalized spacial score (nSPS) is 12.7. The molecule has 0 aromatic carbocycles. The zero-order valence-electron chi connectivity index (χ0n) is 10.1. The molecule has 4 nitrogen and oxygen atoms in total. The third-order valence-corrected chi connectivity index (χ3v) is 2.93. The van der Waals surface area contributed by atoms with Gasteiger partial charge in [0.05, 0.1) is 0 Å². The van der Waals surface area contributed by atoms with Crippen LogP contribution >= 0.6 is 0 Å². The molecule has 4 heteroatoms. The van der Waals surface area contributed by atoms with E-state index in [9.17, 15) is 4.79 Å². The summed E-state index contributed by atoms with van der Waals surface area (Å²) in [5.74, 6) is 0.323. The van der Waals surface area contributed by atoms with E-state index in [-0.39, 0.29) is 11.7 Å². The molecule has 0 amide bonds. The maximum atomic E-state index is 11.9. The molecule has 90 valence electrons. The Bertz CT molecular complexity index is 333. The van der Waals surface area contributed by atoms with Gasteiger partial charge in [0.1, 0.15) is 5.78 Å². The Morgan fingerprint density at radius 3 is 2.88 bits per heavy atom. The van der Waals surface area contributed by atoms with Crippen LogP contribution in [0.4, 0.5) is 0 Å². The van der Waals surface area contributed by atoms with Gasteiger partial charge in [0.15, 0.2) is 0 Å². The number of rotatable bonds is 7. The molecule has 0 spiro atoms. The smallest absolute Gasteiger partial charge is 0.137 e. The van der Waals surface area contributed by atoms with Gasteiger partial charge in [-0.1, -0.05) is 13.3 Å². The zero-order chi connectivity index (χ0) is 12.0. The van der Waals surface area contributed by atoms with Crippen molar-refractivity contribution in [3.05, 3.63) is 18.0 Å². The van der Waals surface area contributed by atoms with Crippen LogP contribution in [0.5, 0.6) is 0 Å². The number of nitrogens with two attached hydrogens (primary N) is 1. The molecular weight excluding hydrogens is 202 g/mol. The Labute approximate surface area is 96.8 Å². The van der Waals surface area contributed by atoms with Crippen LogP contribution in [0, 0.1) is 5.92 Å². The third kappa shape index (κ3) is 3.45. The first-order valence-electron chi connectivity index (χ1n) is 5.88. The van der Waals surface area contributed by atoms with E-state index in [1.165, 1.54) is 0 Å². The van der Waals surface area contributed by atoms with Gasteiger partial charge in [-0.05, 0) is 18.9 Å². The van der Waals surface area contributed by atoms with Gasteiger partial charge >= 0.3 is 0 Å². The molecule has 2 N–H and O–H groups in total. The van der Waals surface area contributed by atoms with Crippen LogP contribution in [-0.2, 0) is 18.3 Å². The molecule has 0 bridgehead atoms. The van der Waals surface area contributed by atoms with E-state index in [4.69, 9.17) is 5.73 Å². The standard InChI is InChI=1S/C12H21N3O/c1-3-4-10(9-13)12(16)6-5-11-7-8-14-15(11)2/h7-8,10H,3-6,9,13H2,1-2H3. The summed E-state index contributed by atoms with van der Waals surface area (Å²) in [7, 11) is 1.90. The number of Topliss-reactive ketones (excluding diaryl/α,β-unsaturated/α-hetero) is 1. The summed E-state index contributed by atoms with van der Waals surface area (Å²) in [6.07, 6.45) is 5.00. The molecule has 1 heterocycles. The van der Waals surface area contributed by atoms with E-state index in [0.717, 1.165) is 25.0 Å². The quantitative estimate of drug-likeness (QED) is 0.758. The monoisotopic (exact) mass is 223 g/mol. The Morgan fingerprint density at radius 1 is 1.62 bits per heavy atom. The van der Waals surface area contributed by atoms with Gasteiger partial charge in [-0.2, -0.15) is 5.10 Å². The van der Waals surface area contributed by atoms with E-state index in [1.54, 1.807) is 6.20 Å².